The molecular formula is C24H28N2O5. The molecule has 7 heteroatoms. The maximum atomic E-state index is 13.4. The highest BCUT2D eigenvalue weighted by Crippen LogP contribution is 2.28. The van der Waals surface area contributed by atoms with E-state index in [1.165, 1.54) is 0 Å². The molecule has 1 aliphatic heterocycles. The Balaban J connectivity index is 1.57. The topological polar surface area (TPSA) is 73.9 Å². The Morgan fingerprint density at radius 3 is 2.48 bits per heavy atom. The number of amides is 1. The maximum Gasteiger partial charge on any atom is 0.309 e. The van der Waals surface area contributed by atoms with Crippen molar-refractivity contribution in [3.8, 4) is 5.75 Å². The van der Waals surface area contributed by atoms with Gasteiger partial charge >= 0.3 is 5.97 Å². The number of furan rings is 1. The fraction of sp³-hybridized carbons (Fsp3) is 0.417. The van der Waals surface area contributed by atoms with Crippen LogP contribution >= 0.6 is 0 Å². The van der Waals surface area contributed by atoms with Crippen LogP contribution in [-0.4, -0.2) is 48.1 Å². The van der Waals surface area contributed by atoms with Gasteiger partial charge in [-0.2, -0.15) is 0 Å². The molecule has 3 heterocycles. The monoisotopic (exact) mass is 424 g/mol. The Bertz CT molecular complexity index is 1070. The number of hydrogen-bond acceptors (Lipinski definition) is 5. The molecule has 1 amide bonds. The van der Waals surface area contributed by atoms with Crippen molar-refractivity contribution in [3.63, 3.8) is 0 Å². The number of piperidine rings is 1. The van der Waals surface area contributed by atoms with Gasteiger partial charge in [-0.05, 0) is 44.4 Å². The lowest BCUT2D eigenvalue weighted by molar-refractivity contribution is -0.149. The summed E-state index contributed by atoms with van der Waals surface area (Å²) >= 11 is 0. The lowest BCUT2D eigenvalue weighted by Gasteiger charge is -2.31. The zero-order valence-electron chi connectivity index (χ0n) is 18.2. The van der Waals surface area contributed by atoms with Crippen LogP contribution in [0.15, 0.2) is 40.8 Å². The van der Waals surface area contributed by atoms with E-state index in [0.29, 0.717) is 50.4 Å². The third-order valence-electron chi connectivity index (χ3n) is 5.83. The van der Waals surface area contributed by atoms with Gasteiger partial charge in [0.2, 0.25) is 0 Å². The standard InChI is InChI=1S/C24H28N2O5/c1-4-30-24(28)18-9-11-25(12-10-18)23(27)21-14-22-20(13-16(2)31-22)26(21)15-17-5-7-19(29-3)8-6-17/h5-8,13-14,18H,4,9-12,15H2,1-3H3. The van der Waals surface area contributed by atoms with Crippen LogP contribution < -0.4 is 4.74 Å². The van der Waals surface area contributed by atoms with Crippen LogP contribution in [0.2, 0.25) is 0 Å². The fourth-order valence-electron chi connectivity index (χ4n) is 4.17. The normalized spacial score (nSPS) is 14.7. The number of benzene rings is 1. The molecule has 164 valence electrons. The lowest BCUT2D eigenvalue weighted by Crippen LogP contribution is -2.41. The van der Waals surface area contributed by atoms with Crippen molar-refractivity contribution in [2.45, 2.75) is 33.2 Å². The number of methoxy groups -OCH3 is 1. The zero-order chi connectivity index (χ0) is 22.0. The van der Waals surface area contributed by atoms with E-state index in [1.807, 2.05) is 59.7 Å². The predicted octanol–water partition coefficient (Wildman–Crippen LogP) is 4.01. The van der Waals surface area contributed by atoms with Crippen LogP contribution in [0.25, 0.3) is 11.1 Å². The van der Waals surface area contributed by atoms with Gasteiger partial charge in [-0.25, -0.2) is 0 Å². The summed E-state index contributed by atoms with van der Waals surface area (Å²) in [6.45, 7) is 5.72. The second kappa shape index (κ2) is 8.88. The van der Waals surface area contributed by atoms with Crippen LogP contribution in [0.4, 0.5) is 0 Å². The third-order valence-corrected chi connectivity index (χ3v) is 5.83. The van der Waals surface area contributed by atoms with E-state index in [1.54, 1.807) is 7.11 Å². The van der Waals surface area contributed by atoms with Crippen molar-refractivity contribution in [3.05, 3.63) is 53.4 Å². The number of ether oxygens (including phenoxy) is 2. The van der Waals surface area contributed by atoms with Crippen molar-refractivity contribution in [2.75, 3.05) is 26.8 Å². The van der Waals surface area contributed by atoms with E-state index in [-0.39, 0.29) is 17.8 Å². The Labute approximate surface area is 181 Å². The second-order valence-corrected chi connectivity index (χ2v) is 7.89. The van der Waals surface area contributed by atoms with Gasteiger partial charge in [0.1, 0.15) is 17.2 Å². The molecule has 0 N–H and O–H groups in total. The van der Waals surface area contributed by atoms with E-state index in [9.17, 15) is 9.59 Å². The molecule has 0 unspecified atom stereocenters. The molecule has 1 saturated heterocycles. The summed E-state index contributed by atoms with van der Waals surface area (Å²) in [5, 5.41) is 0. The summed E-state index contributed by atoms with van der Waals surface area (Å²) in [4.78, 5) is 27.2. The minimum Gasteiger partial charge on any atom is -0.497 e. The summed E-state index contributed by atoms with van der Waals surface area (Å²) in [6, 6.07) is 11.6. The highest BCUT2D eigenvalue weighted by molar-refractivity contribution is 5.98. The largest absolute Gasteiger partial charge is 0.497 e. The number of aryl methyl sites for hydroxylation is 1. The minimum atomic E-state index is -0.162. The first kappa shape index (κ1) is 21.0. The Hall–Kier alpha value is -3.22. The third kappa shape index (κ3) is 4.31. The van der Waals surface area contributed by atoms with Crippen LogP contribution in [0.5, 0.6) is 5.75 Å². The molecule has 4 rings (SSSR count). The number of aromatic nitrogens is 1. The first-order valence-corrected chi connectivity index (χ1v) is 10.7. The number of rotatable bonds is 6. The van der Waals surface area contributed by atoms with Crippen LogP contribution in [0.1, 0.15) is 41.6 Å². The Morgan fingerprint density at radius 1 is 1.13 bits per heavy atom. The van der Waals surface area contributed by atoms with Crippen LogP contribution in [-0.2, 0) is 16.1 Å². The minimum absolute atomic E-state index is 0.0418. The summed E-state index contributed by atoms with van der Waals surface area (Å²) in [7, 11) is 1.64. The van der Waals surface area contributed by atoms with Gasteiger partial charge in [-0.15, -0.1) is 0 Å². The van der Waals surface area contributed by atoms with E-state index in [4.69, 9.17) is 13.9 Å². The molecule has 1 aliphatic rings. The van der Waals surface area contributed by atoms with Gasteiger partial charge in [0, 0.05) is 31.8 Å². The molecule has 2 aromatic heterocycles. The van der Waals surface area contributed by atoms with Crippen molar-refractivity contribution in [1.82, 2.24) is 9.47 Å². The molecule has 1 fully saturated rings. The second-order valence-electron chi connectivity index (χ2n) is 7.89. The molecule has 3 aromatic rings. The number of fused-ring (bicyclic) bond motifs is 1. The van der Waals surface area contributed by atoms with Crippen LogP contribution in [0, 0.1) is 12.8 Å². The first-order chi connectivity index (χ1) is 15.0. The zero-order valence-corrected chi connectivity index (χ0v) is 18.2. The van der Waals surface area contributed by atoms with E-state index in [2.05, 4.69) is 0 Å². The molecule has 0 atom stereocenters. The average Bonchev–Trinajstić information content (AvgIpc) is 3.31. The molecule has 0 bridgehead atoms. The van der Waals surface area contributed by atoms with Gasteiger partial charge in [0.15, 0.2) is 5.58 Å². The number of nitrogens with zero attached hydrogens (tertiary/aromatic N) is 2. The highest BCUT2D eigenvalue weighted by Gasteiger charge is 2.30. The van der Waals surface area contributed by atoms with Gasteiger partial charge in [0.05, 0.1) is 25.2 Å². The first-order valence-electron chi connectivity index (χ1n) is 10.7. The summed E-state index contributed by atoms with van der Waals surface area (Å²) in [5.74, 6) is 1.27. The summed E-state index contributed by atoms with van der Waals surface area (Å²) in [5.41, 5.74) is 3.26. The van der Waals surface area contributed by atoms with E-state index >= 15 is 0 Å². The van der Waals surface area contributed by atoms with Gasteiger partial charge in [0.25, 0.3) is 5.91 Å². The quantitative estimate of drug-likeness (QED) is 0.559. The molecule has 0 saturated carbocycles. The number of hydrogen-bond donors (Lipinski definition) is 0. The number of carbonyl (C=O) groups is 2. The molecule has 31 heavy (non-hydrogen) atoms. The smallest absolute Gasteiger partial charge is 0.309 e. The fourth-order valence-corrected chi connectivity index (χ4v) is 4.17. The SMILES string of the molecule is CCOC(=O)C1CCN(C(=O)c2cc3oc(C)cc3n2Cc2ccc(OC)cc2)CC1. The number of carbonyl (C=O) groups excluding carboxylic acids is 2. The number of likely N-dealkylation sites (tertiary alicyclic amines) is 1. The summed E-state index contributed by atoms with van der Waals surface area (Å²) < 4.78 is 18.2. The van der Waals surface area contributed by atoms with Crippen molar-refractivity contribution < 1.29 is 23.5 Å². The molecule has 0 spiro atoms. The van der Waals surface area contributed by atoms with Crippen molar-refractivity contribution >= 4 is 23.0 Å². The molecule has 0 aliphatic carbocycles. The Kier molecular flexibility index (Phi) is 6.02. The molecular weight excluding hydrogens is 396 g/mol. The molecule has 1 aromatic carbocycles. The average molecular weight is 424 g/mol. The van der Waals surface area contributed by atoms with E-state index < -0.39 is 0 Å². The molecule has 7 nitrogen and oxygen atoms in total. The van der Waals surface area contributed by atoms with E-state index in [0.717, 1.165) is 22.6 Å². The van der Waals surface area contributed by atoms with Crippen molar-refractivity contribution in [1.29, 1.82) is 0 Å². The predicted molar refractivity (Wildman–Crippen MR) is 116 cm³/mol. The number of esters is 1. The van der Waals surface area contributed by atoms with Crippen LogP contribution in [0.3, 0.4) is 0 Å². The summed E-state index contributed by atoms with van der Waals surface area (Å²) in [6.07, 6.45) is 1.25. The van der Waals surface area contributed by atoms with Gasteiger partial charge in [-0.1, -0.05) is 12.1 Å². The highest BCUT2D eigenvalue weighted by atomic mass is 16.5. The lowest BCUT2D eigenvalue weighted by atomic mass is 9.97. The van der Waals surface area contributed by atoms with Crippen molar-refractivity contribution in [2.24, 2.45) is 5.92 Å². The van der Waals surface area contributed by atoms with Gasteiger partial charge in [-0.3, -0.25) is 9.59 Å². The maximum absolute atomic E-state index is 13.4. The van der Waals surface area contributed by atoms with Gasteiger partial charge < -0.3 is 23.4 Å². The Morgan fingerprint density at radius 2 is 1.84 bits per heavy atom. The molecule has 0 radical (unpaired) electrons.